The highest BCUT2D eigenvalue weighted by Crippen LogP contribution is 2.42. The number of nitrogens with zero attached hydrogens (tertiary/aromatic N) is 1. The number of carbonyl (C=O) groups excluding carboxylic acids is 1. The molecule has 0 unspecified atom stereocenters. The SMILES string of the molecule is CCO[Si](C)(C)CCCN(CCC(=O)O[Si](C(C)C)(C(C)C)C(C)C)[Si](C)(C)C. The van der Waals surface area contributed by atoms with Crippen molar-refractivity contribution in [3.63, 3.8) is 0 Å². The Morgan fingerprint density at radius 1 is 0.862 bits per heavy atom. The molecule has 0 amide bonds. The molecule has 0 aliphatic carbocycles. The second-order valence-electron chi connectivity index (χ2n) is 11.0. The summed E-state index contributed by atoms with van der Waals surface area (Å²) in [6.45, 7) is 29.9. The van der Waals surface area contributed by atoms with Gasteiger partial charge in [0.1, 0.15) is 8.24 Å². The van der Waals surface area contributed by atoms with Gasteiger partial charge in [-0.1, -0.05) is 61.2 Å². The molecule has 0 aromatic carbocycles. The van der Waals surface area contributed by atoms with Crippen LogP contribution < -0.4 is 0 Å². The molecule has 0 bridgehead atoms. The van der Waals surface area contributed by atoms with Crippen LogP contribution in [0.4, 0.5) is 0 Å². The fourth-order valence-corrected chi connectivity index (χ4v) is 13.5. The number of hydrogen-bond donors (Lipinski definition) is 0. The van der Waals surface area contributed by atoms with Gasteiger partial charge in [0.05, 0.1) is 6.42 Å². The Bertz CT molecular complexity index is 466. The third kappa shape index (κ3) is 9.37. The molecule has 0 heterocycles. The van der Waals surface area contributed by atoms with Crippen molar-refractivity contribution in [1.82, 2.24) is 4.57 Å². The summed E-state index contributed by atoms with van der Waals surface area (Å²) in [5.41, 5.74) is 1.31. The molecule has 0 fully saturated rings. The van der Waals surface area contributed by atoms with Gasteiger partial charge in [0.2, 0.25) is 0 Å². The molecule has 0 atom stereocenters. The zero-order chi connectivity index (χ0) is 23.0. The highest BCUT2D eigenvalue weighted by molar-refractivity contribution is 6.79. The molecule has 4 nitrogen and oxygen atoms in total. The number of hydrogen-bond acceptors (Lipinski definition) is 4. The quantitative estimate of drug-likeness (QED) is 0.265. The van der Waals surface area contributed by atoms with Crippen molar-refractivity contribution in [2.75, 3.05) is 19.7 Å². The van der Waals surface area contributed by atoms with Gasteiger partial charge in [-0.15, -0.1) is 0 Å². The first kappa shape index (κ1) is 29.0. The van der Waals surface area contributed by atoms with E-state index in [0.717, 1.165) is 26.1 Å². The zero-order valence-corrected chi connectivity index (χ0v) is 24.6. The van der Waals surface area contributed by atoms with Crippen molar-refractivity contribution in [3.8, 4) is 0 Å². The second-order valence-corrected chi connectivity index (χ2v) is 25.7. The van der Waals surface area contributed by atoms with E-state index in [0.29, 0.717) is 23.0 Å². The summed E-state index contributed by atoms with van der Waals surface area (Å²) in [5, 5.41) is 0. The minimum absolute atomic E-state index is 0.0139. The summed E-state index contributed by atoms with van der Waals surface area (Å²) in [5.74, 6) is 0.0139. The first-order valence-corrected chi connectivity index (χ1v) is 20.4. The third-order valence-corrected chi connectivity index (χ3v) is 17.2. The van der Waals surface area contributed by atoms with Crippen LogP contribution in [0, 0.1) is 0 Å². The highest BCUT2D eigenvalue weighted by atomic mass is 28.4. The molecule has 0 saturated heterocycles. The van der Waals surface area contributed by atoms with Crippen molar-refractivity contribution in [3.05, 3.63) is 0 Å². The Balaban J connectivity index is 4.98. The predicted molar refractivity (Wildman–Crippen MR) is 135 cm³/mol. The summed E-state index contributed by atoms with van der Waals surface area (Å²) in [6.07, 6.45) is 1.67. The van der Waals surface area contributed by atoms with Crippen molar-refractivity contribution in [2.45, 2.75) is 117 Å². The van der Waals surface area contributed by atoms with Crippen LogP contribution in [0.2, 0.25) is 55.4 Å². The fraction of sp³-hybridized carbons (Fsp3) is 0.955. The van der Waals surface area contributed by atoms with Gasteiger partial charge in [0.15, 0.2) is 8.32 Å². The van der Waals surface area contributed by atoms with Crippen LogP contribution in [-0.4, -0.2) is 55.1 Å². The average Bonchev–Trinajstić information content (AvgIpc) is 2.53. The first-order chi connectivity index (χ1) is 13.1. The van der Waals surface area contributed by atoms with Crippen LogP contribution in [-0.2, 0) is 13.6 Å². The summed E-state index contributed by atoms with van der Waals surface area (Å²) < 4.78 is 14.9. The largest absolute Gasteiger partial charge is 0.518 e. The normalized spacial score (nSPS) is 13.8. The minimum atomic E-state index is -2.14. The molecule has 0 aliphatic heterocycles. The molecule has 0 saturated carbocycles. The Morgan fingerprint density at radius 2 is 1.34 bits per heavy atom. The van der Waals surface area contributed by atoms with E-state index < -0.39 is 24.9 Å². The van der Waals surface area contributed by atoms with Gasteiger partial charge in [0, 0.05) is 13.2 Å². The van der Waals surface area contributed by atoms with Crippen LogP contribution in [0.15, 0.2) is 0 Å². The Labute approximate surface area is 185 Å². The van der Waals surface area contributed by atoms with Gasteiger partial charge < -0.3 is 13.4 Å². The lowest BCUT2D eigenvalue weighted by Crippen LogP contribution is -2.51. The molecular weight excluding hydrogens is 411 g/mol. The maximum absolute atomic E-state index is 12.9. The van der Waals surface area contributed by atoms with Crippen molar-refractivity contribution < 1.29 is 13.6 Å². The molecule has 7 heteroatoms. The van der Waals surface area contributed by atoms with Crippen molar-refractivity contribution in [2.24, 2.45) is 0 Å². The molecule has 0 aromatic rings. The first-order valence-electron chi connectivity index (χ1n) is 11.7. The van der Waals surface area contributed by atoms with Crippen LogP contribution in [0.1, 0.15) is 61.3 Å². The lowest BCUT2D eigenvalue weighted by molar-refractivity contribution is -0.135. The summed E-state index contributed by atoms with van der Waals surface area (Å²) >= 11 is 0. The Hall–Kier alpha value is 0.0406. The van der Waals surface area contributed by atoms with Gasteiger partial charge >= 0.3 is 0 Å². The van der Waals surface area contributed by atoms with E-state index in [1.165, 1.54) is 6.04 Å². The zero-order valence-electron chi connectivity index (χ0n) is 21.6. The molecule has 0 aliphatic rings. The number of carbonyl (C=O) groups is 1. The third-order valence-electron chi connectivity index (χ3n) is 6.27. The smallest absolute Gasteiger partial charge is 0.293 e. The standard InChI is InChI=1S/C22H51NO3Si3/c1-13-25-28(11,12)18-14-16-23(27(8,9)10)17-15-22(24)26-29(19(2)3,20(4)5)21(6)7/h19-21H,13-18H2,1-12H3. The topological polar surface area (TPSA) is 38.8 Å². The molecule has 0 radical (unpaired) electrons. The summed E-state index contributed by atoms with van der Waals surface area (Å²) in [7, 11) is -5.16. The number of rotatable bonds is 14. The van der Waals surface area contributed by atoms with Crippen molar-refractivity contribution >= 4 is 30.8 Å². The second kappa shape index (κ2) is 12.2. The molecular formula is C22H51NO3Si3. The van der Waals surface area contributed by atoms with Gasteiger partial charge in [-0.25, -0.2) is 0 Å². The highest BCUT2D eigenvalue weighted by Gasteiger charge is 2.48. The lowest BCUT2D eigenvalue weighted by atomic mass is 10.4. The Morgan fingerprint density at radius 3 is 1.72 bits per heavy atom. The van der Waals surface area contributed by atoms with Crippen molar-refractivity contribution in [1.29, 1.82) is 0 Å². The van der Waals surface area contributed by atoms with Gasteiger partial charge in [-0.3, -0.25) is 4.79 Å². The van der Waals surface area contributed by atoms with E-state index in [9.17, 15) is 4.79 Å². The Kier molecular flexibility index (Phi) is 12.2. The van der Waals surface area contributed by atoms with E-state index in [1.54, 1.807) is 0 Å². The average molecular weight is 462 g/mol. The fourth-order valence-electron chi connectivity index (χ4n) is 4.77. The van der Waals surface area contributed by atoms with E-state index in [2.05, 4.69) is 85.8 Å². The molecule has 0 aromatic heterocycles. The van der Waals surface area contributed by atoms with E-state index in [4.69, 9.17) is 8.85 Å². The maximum atomic E-state index is 12.9. The molecule has 0 spiro atoms. The van der Waals surface area contributed by atoms with Gasteiger partial charge in [-0.2, -0.15) is 0 Å². The molecule has 174 valence electrons. The van der Waals surface area contributed by atoms with E-state index in [-0.39, 0.29) is 5.97 Å². The van der Waals surface area contributed by atoms with E-state index in [1.807, 2.05) is 0 Å². The predicted octanol–water partition coefficient (Wildman–Crippen LogP) is 6.86. The van der Waals surface area contributed by atoms with Crippen LogP contribution in [0.3, 0.4) is 0 Å². The monoisotopic (exact) mass is 461 g/mol. The van der Waals surface area contributed by atoms with Crippen LogP contribution in [0.5, 0.6) is 0 Å². The molecule has 0 N–H and O–H groups in total. The summed E-state index contributed by atoms with van der Waals surface area (Å²) in [6, 6.07) is 1.18. The summed E-state index contributed by atoms with van der Waals surface area (Å²) in [4.78, 5) is 12.9. The van der Waals surface area contributed by atoms with E-state index >= 15 is 0 Å². The lowest BCUT2D eigenvalue weighted by Gasteiger charge is -2.41. The minimum Gasteiger partial charge on any atom is -0.518 e. The van der Waals surface area contributed by atoms with Crippen LogP contribution >= 0.6 is 0 Å². The molecule has 0 rings (SSSR count). The van der Waals surface area contributed by atoms with Gasteiger partial charge in [0.25, 0.3) is 14.3 Å². The van der Waals surface area contributed by atoms with Gasteiger partial charge in [-0.05, 0) is 55.7 Å². The molecule has 29 heavy (non-hydrogen) atoms. The maximum Gasteiger partial charge on any atom is 0.293 e. The van der Waals surface area contributed by atoms with Crippen LogP contribution in [0.25, 0.3) is 0 Å².